The monoisotopic (exact) mass is 229 g/mol. The molecule has 0 saturated heterocycles. The summed E-state index contributed by atoms with van der Waals surface area (Å²) >= 11 is 0. The minimum atomic E-state index is -1.14. The number of carboxylic acids is 2. The predicted molar refractivity (Wildman–Crippen MR) is 53.8 cm³/mol. The zero-order valence-electron chi connectivity index (χ0n) is 8.86. The molecule has 1 rings (SSSR count). The van der Waals surface area contributed by atoms with Crippen molar-refractivity contribution in [2.45, 2.75) is 32.1 Å². The van der Waals surface area contributed by atoms with Crippen molar-refractivity contribution in [2.24, 2.45) is 5.41 Å². The fourth-order valence-corrected chi connectivity index (χ4v) is 2.06. The average molecular weight is 229 g/mol. The van der Waals surface area contributed by atoms with Gasteiger partial charge in [-0.15, -0.1) is 0 Å². The molecule has 0 atom stereocenters. The fourth-order valence-electron chi connectivity index (χ4n) is 2.06. The zero-order chi connectivity index (χ0) is 12.2. The van der Waals surface area contributed by atoms with Crippen LogP contribution in [0.5, 0.6) is 0 Å². The summed E-state index contributed by atoms with van der Waals surface area (Å²) < 4.78 is 0. The number of amides is 1. The fraction of sp³-hybridized carbons (Fsp3) is 0.700. The van der Waals surface area contributed by atoms with Crippen molar-refractivity contribution in [3.63, 3.8) is 0 Å². The van der Waals surface area contributed by atoms with E-state index in [1.807, 2.05) is 0 Å². The molecule has 0 unspecified atom stereocenters. The van der Waals surface area contributed by atoms with Crippen molar-refractivity contribution in [3.8, 4) is 0 Å². The van der Waals surface area contributed by atoms with Crippen LogP contribution in [0.15, 0.2) is 0 Å². The molecule has 0 aromatic carbocycles. The van der Waals surface area contributed by atoms with Gasteiger partial charge in [0.25, 0.3) is 0 Å². The van der Waals surface area contributed by atoms with Crippen LogP contribution in [0.4, 0.5) is 0 Å². The van der Waals surface area contributed by atoms with Crippen LogP contribution in [0.1, 0.15) is 32.1 Å². The number of nitrogens with one attached hydrogen (secondary N) is 1. The summed E-state index contributed by atoms with van der Waals surface area (Å²) in [6, 6.07) is 0. The Balaban J connectivity index is 2.52. The Bertz CT molecular complexity index is 306. The van der Waals surface area contributed by atoms with Gasteiger partial charge in [-0.3, -0.25) is 14.4 Å². The van der Waals surface area contributed by atoms with E-state index in [1.54, 1.807) is 0 Å². The van der Waals surface area contributed by atoms with Gasteiger partial charge in [-0.25, -0.2) is 0 Å². The second-order valence-electron chi connectivity index (χ2n) is 4.14. The highest BCUT2D eigenvalue weighted by Gasteiger charge is 2.42. The Hall–Kier alpha value is -1.59. The average Bonchev–Trinajstić information content (AvgIpc) is 2.64. The molecule has 0 aromatic heterocycles. The van der Waals surface area contributed by atoms with E-state index in [4.69, 9.17) is 10.2 Å². The number of carbonyl (C=O) groups is 3. The maximum Gasteiger partial charge on any atom is 0.322 e. The first kappa shape index (κ1) is 12.5. The van der Waals surface area contributed by atoms with Crippen LogP contribution in [-0.4, -0.2) is 34.6 Å². The van der Waals surface area contributed by atoms with Crippen molar-refractivity contribution in [3.05, 3.63) is 0 Å². The maximum absolute atomic E-state index is 11.4. The Morgan fingerprint density at radius 2 is 1.69 bits per heavy atom. The van der Waals surface area contributed by atoms with E-state index < -0.39 is 29.8 Å². The minimum absolute atomic E-state index is 0.129. The van der Waals surface area contributed by atoms with Gasteiger partial charge in [0.2, 0.25) is 5.91 Å². The van der Waals surface area contributed by atoms with Crippen LogP contribution < -0.4 is 5.32 Å². The second kappa shape index (κ2) is 4.96. The molecule has 1 amide bonds. The van der Waals surface area contributed by atoms with Gasteiger partial charge in [-0.1, -0.05) is 12.8 Å². The van der Waals surface area contributed by atoms with Crippen molar-refractivity contribution in [1.29, 1.82) is 0 Å². The molecule has 3 N–H and O–H groups in total. The third-order valence-corrected chi connectivity index (χ3v) is 2.95. The first-order valence-electron chi connectivity index (χ1n) is 5.18. The highest BCUT2D eigenvalue weighted by molar-refractivity contribution is 5.87. The summed E-state index contributed by atoms with van der Waals surface area (Å²) in [5.41, 5.74) is -0.984. The van der Waals surface area contributed by atoms with Crippen molar-refractivity contribution >= 4 is 17.8 Å². The van der Waals surface area contributed by atoms with E-state index >= 15 is 0 Å². The van der Waals surface area contributed by atoms with Gasteiger partial charge in [-0.05, 0) is 12.8 Å². The van der Waals surface area contributed by atoms with Crippen LogP contribution in [0.25, 0.3) is 0 Å². The quantitative estimate of drug-likeness (QED) is 0.625. The van der Waals surface area contributed by atoms with E-state index in [2.05, 4.69) is 5.32 Å². The molecule has 16 heavy (non-hydrogen) atoms. The molecule has 1 aliphatic carbocycles. The lowest BCUT2D eigenvalue weighted by molar-refractivity contribution is -0.151. The first-order chi connectivity index (χ1) is 7.46. The number of carbonyl (C=O) groups excluding carboxylic acids is 1. The Labute approximate surface area is 92.6 Å². The topological polar surface area (TPSA) is 104 Å². The van der Waals surface area contributed by atoms with Crippen LogP contribution in [-0.2, 0) is 14.4 Å². The molecule has 1 saturated carbocycles. The normalized spacial score (nSPS) is 18.0. The molecule has 1 fully saturated rings. The van der Waals surface area contributed by atoms with Crippen LogP contribution in [0.3, 0.4) is 0 Å². The SMILES string of the molecule is O=C(O)CNC(=O)CC1(C(=O)O)CCCC1. The van der Waals surface area contributed by atoms with E-state index in [0.29, 0.717) is 12.8 Å². The number of hydrogen-bond acceptors (Lipinski definition) is 3. The third kappa shape index (κ3) is 2.95. The molecule has 1 aliphatic rings. The zero-order valence-corrected chi connectivity index (χ0v) is 8.86. The number of hydrogen-bond donors (Lipinski definition) is 3. The van der Waals surface area contributed by atoms with Crippen LogP contribution >= 0.6 is 0 Å². The van der Waals surface area contributed by atoms with Gasteiger partial charge >= 0.3 is 11.9 Å². The Morgan fingerprint density at radius 3 is 2.12 bits per heavy atom. The molecule has 0 heterocycles. The van der Waals surface area contributed by atoms with Crippen molar-refractivity contribution in [1.82, 2.24) is 5.32 Å². The van der Waals surface area contributed by atoms with Crippen LogP contribution in [0, 0.1) is 5.41 Å². The molecule has 0 radical (unpaired) electrons. The minimum Gasteiger partial charge on any atom is -0.481 e. The number of carboxylic acid groups (broad SMARTS) is 2. The van der Waals surface area contributed by atoms with Gasteiger partial charge in [0.15, 0.2) is 0 Å². The van der Waals surface area contributed by atoms with Crippen molar-refractivity contribution in [2.75, 3.05) is 6.54 Å². The highest BCUT2D eigenvalue weighted by atomic mass is 16.4. The van der Waals surface area contributed by atoms with E-state index in [1.165, 1.54) is 0 Å². The molecule has 0 aliphatic heterocycles. The summed E-state index contributed by atoms with van der Waals surface area (Å²) in [4.78, 5) is 32.7. The second-order valence-corrected chi connectivity index (χ2v) is 4.14. The van der Waals surface area contributed by atoms with Gasteiger partial charge in [-0.2, -0.15) is 0 Å². The standard InChI is InChI=1S/C10H15NO5/c12-7(11-6-8(13)14)5-10(9(15)16)3-1-2-4-10/h1-6H2,(H,11,12)(H,13,14)(H,15,16). The molecule has 0 aromatic rings. The highest BCUT2D eigenvalue weighted by Crippen LogP contribution is 2.41. The number of aliphatic carboxylic acids is 2. The molecule has 0 spiro atoms. The summed E-state index contributed by atoms with van der Waals surface area (Å²) in [5, 5.41) is 19.6. The van der Waals surface area contributed by atoms with Crippen LogP contribution in [0.2, 0.25) is 0 Å². The summed E-state index contributed by atoms with van der Waals surface area (Å²) in [6.45, 7) is -0.464. The third-order valence-electron chi connectivity index (χ3n) is 2.95. The summed E-state index contributed by atoms with van der Waals surface area (Å²) in [6.07, 6.45) is 2.46. The predicted octanol–water partition coefficient (Wildman–Crippen LogP) is 0.222. The van der Waals surface area contributed by atoms with E-state index in [9.17, 15) is 14.4 Å². The van der Waals surface area contributed by atoms with Gasteiger partial charge in [0, 0.05) is 6.42 Å². The van der Waals surface area contributed by atoms with E-state index in [-0.39, 0.29) is 6.42 Å². The first-order valence-corrected chi connectivity index (χ1v) is 5.18. The molecular weight excluding hydrogens is 214 g/mol. The maximum atomic E-state index is 11.4. The lowest BCUT2D eigenvalue weighted by Gasteiger charge is -2.22. The Kier molecular flexibility index (Phi) is 3.87. The molecule has 0 bridgehead atoms. The summed E-state index contributed by atoms with van der Waals surface area (Å²) in [7, 11) is 0. The smallest absolute Gasteiger partial charge is 0.322 e. The van der Waals surface area contributed by atoms with Gasteiger partial charge < -0.3 is 15.5 Å². The van der Waals surface area contributed by atoms with Gasteiger partial charge in [0.05, 0.1) is 5.41 Å². The van der Waals surface area contributed by atoms with Crippen molar-refractivity contribution < 1.29 is 24.6 Å². The van der Waals surface area contributed by atoms with E-state index in [0.717, 1.165) is 12.8 Å². The molecular formula is C10H15NO5. The Morgan fingerprint density at radius 1 is 1.12 bits per heavy atom. The lowest BCUT2D eigenvalue weighted by atomic mass is 9.82. The largest absolute Gasteiger partial charge is 0.481 e. The molecule has 6 nitrogen and oxygen atoms in total. The lowest BCUT2D eigenvalue weighted by Crippen LogP contribution is -2.37. The molecule has 6 heteroatoms. The molecule has 90 valence electrons. The van der Waals surface area contributed by atoms with Gasteiger partial charge in [0.1, 0.15) is 6.54 Å². The number of rotatable bonds is 5. The summed E-state index contributed by atoms with van der Waals surface area (Å²) in [5.74, 6) is -2.61.